The van der Waals surface area contributed by atoms with Crippen molar-refractivity contribution in [2.24, 2.45) is 28.6 Å². The monoisotopic (exact) mass is 374 g/mol. The number of fused-ring (bicyclic) bond motifs is 5. The summed E-state index contributed by atoms with van der Waals surface area (Å²) in [7, 11) is 1.46. The molecule has 0 aromatic heterocycles. The molecule has 6 atom stereocenters. The number of carbonyl (C=O) groups is 3. The number of methoxy groups -OCH3 is 1. The zero-order chi connectivity index (χ0) is 19.6. The van der Waals surface area contributed by atoms with Crippen molar-refractivity contribution in [2.45, 2.75) is 64.4 Å². The van der Waals surface area contributed by atoms with Crippen LogP contribution in [-0.2, 0) is 19.1 Å². The summed E-state index contributed by atoms with van der Waals surface area (Å²) in [6.45, 7) is 3.96. The van der Waals surface area contributed by atoms with Crippen LogP contribution in [0.4, 0.5) is 0 Å². The van der Waals surface area contributed by atoms with E-state index in [1.54, 1.807) is 0 Å². The number of hydrogen-bond donors (Lipinski definition) is 1. The summed E-state index contributed by atoms with van der Waals surface area (Å²) in [4.78, 5) is 38.1. The van der Waals surface area contributed by atoms with E-state index in [1.165, 1.54) is 7.11 Å². The Hall–Kier alpha value is -1.33. The fourth-order valence-electron chi connectivity index (χ4n) is 7.02. The van der Waals surface area contributed by atoms with Gasteiger partial charge in [0.1, 0.15) is 23.8 Å². The van der Waals surface area contributed by atoms with Crippen molar-refractivity contribution < 1.29 is 24.2 Å². The SMILES string of the molecule is COCC(=O)[C@@]1(O)CC[C@H]2[C@@H]3CC=C4CC(=O)CC[C@]4(C)[C@H]3C(=O)C[C@@]21C. The summed E-state index contributed by atoms with van der Waals surface area (Å²) in [5, 5.41) is 11.3. The smallest absolute Gasteiger partial charge is 0.190 e. The Balaban J connectivity index is 1.72. The van der Waals surface area contributed by atoms with Gasteiger partial charge in [-0.05, 0) is 42.9 Å². The molecule has 0 amide bonds. The molecule has 0 radical (unpaired) electrons. The molecule has 0 spiro atoms. The number of allylic oxidation sites excluding steroid dienone is 2. The number of ketones is 3. The van der Waals surface area contributed by atoms with E-state index in [0.29, 0.717) is 19.3 Å². The van der Waals surface area contributed by atoms with Gasteiger partial charge in [0.05, 0.1) is 0 Å². The standard InChI is InChI=1S/C22H30O5/c1-20-8-6-14(23)10-13(20)4-5-15-16-7-9-22(26,18(25)12-27-3)21(16,2)11-17(24)19(15)20/h4,15-16,19,26H,5-12H2,1-3H3/t15-,16-,19+,20-,21-,22-/m0/s1. The summed E-state index contributed by atoms with van der Waals surface area (Å²) in [6, 6.07) is 0. The fourth-order valence-corrected chi connectivity index (χ4v) is 7.02. The van der Waals surface area contributed by atoms with Crippen molar-refractivity contribution in [1.82, 2.24) is 0 Å². The Labute approximate surface area is 160 Å². The van der Waals surface area contributed by atoms with Crippen molar-refractivity contribution >= 4 is 17.3 Å². The van der Waals surface area contributed by atoms with Crippen LogP contribution in [0.15, 0.2) is 11.6 Å². The summed E-state index contributed by atoms with van der Waals surface area (Å²) in [5.41, 5.74) is -1.32. The minimum absolute atomic E-state index is 0.0939. The van der Waals surface area contributed by atoms with E-state index in [1.807, 2.05) is 6.92 Å². The quantitative estimate of drug-likeness (QED) is 0.768. The van der Waals surface area contributed by atoms with E-state index in [4.69, 9.17) is 4.74 Å². The van der Waals surface area contributed by atoms with Gasteiger partial charge < -0.3 is 9.84 Å². The number of hydrogen-bond acceptors (Lipinski definition) is 5. The zero-order valence-corrected chi connectivity index (χ0v) is 16.5. The van der Waals surface area contributed by atoms with E-state index >= 15 is 0 Å². The van der Waals surface area contributed by atoms with E-state index in [0.717, 1.165) is 24.8 Å². The number of rotatable bonds is 3. The molecular weight excluding hydrogens is 344 g/mol. The zero-order valence-electron chi connectivity index (χ0n) is 16.5. The van der Waals surface area contributed by atoms with Gasteiger partial charge in [0, 0.05) is 37.7 Å². The van der Waals surface area contributed by atoms with Crippen LogP contribution in [0.1, 0.15) is 58.8 Å². The molecule has 0 bridgehead atoms. The Morgan fingerprint density at radius 2 is 2.04 bits per heavy atom. The molecule has 0 aliphatic heterocycles. The Morgan fingerprint density at radius 3 is 2.74 bits per heavy atom. The minimum atomic E-state index is -1.48. The van der Waals surface area contributed by atoms with Crippen LogP contribution < -0.4 is 0 Å². The lowest BCUT2D eigenvalue weighted by molar-refractivity contribution is -0.170. The lowest BCUT2D eigenvalue weighted by Crippen LogP contribution is -2.60. The van der Waals surface area contributed by atoms with Crippen molar-refractivity contribution in [1.29, 1.82) is 0 Å². The van der Waals surface area contributed by atoms with Crippen LogP contribution in [0.25, 0.3) is 0 Å². The number of ether oxygens (including phenoxy) is 1. The van der Waals surface area contributed by atoms with Gasteiger partial charge in [0.2, 0.25) is 0 Å². The molecule has 5 heteroatoms. The van der Waals surface area contributed by atoms with E-state index < -0.39 is 11.0 Å². The Kier molecular flexibility index (Phi) is 4.28. The van der Waals surface area contributed by atoms with Gasteiger partial charge in [-0.15, -0.1) is 0 Å². The van der Waals surface area contributed by atoms with Gasteiger partial charge in [0.15, 0.2) is 5.78 Å². The maximum absolute atomic E-state index is 13.4. The van der Waals surface area contributed by atoms with Crippen molar-refractivity contribution in [2.75, 3.05) is 13.7 Å². The molecule has 0 heterocycles. The topological polar surface area (TPSA) is 80.7 Å². The second kappa shape index (κ2) is 6.08. The lowest BCUT2D eigenvalue weighted by Gasteiger charge is -2.57. The number of carbonyl (C=O) groups excluding carboxylic acids is 3. The molecule has 0 unspecified atom stereocenters. The van der Waals surface area contributed by atoms with E-state index in [9.17, 15) is 19.5 Å². The van der Waals surface area contributed by atoms with Gasteiger partial charge in [-0.3, -0.25) is 14.4 Å². The second-order valence-corrected chi connectivity index (χ2v) is 9.66. The largest absolute Gasteiger partial charge is 0.381 e. The van der Waals surface area contributed by atoms with Crippen LogP contribution in [0.3, 0.4) is 0 Å². The minimum Gasteiger partial charge on any atom is -0.381 e. The molecule has 4 rings (SSSR count). The normalized spacial score (nSPS) is 46.4. The maximum atomic E-state index is 13.4. The molecule has 4 aliphatic rings. The number of Topliss-reactive ketones (excluding diaryl/α,β-unsaturated/α-hetero) is 3. The molecule has 148 valence electrons. The third kappa shape index (κ3) is 2.40. The maximum Gasteiger partial charge on any atom is 0.190 e. The van der Waals surface area contributed by atoms with Gasteiger partial charge in [0.25, 0.3) is 0 Å². The van der Waals surface area contributed by atoms with Gasteiger partial charge in [-0.1, -0.05) is 25.5 Å². The predicted molar refractivity (Wildman–Crippen MR) is 98.9 cm³/mol. The number of aliphatic hydroxyl groups is 1. The van der Waals surface area contributed by atoms with Gasteiger partial charge in [-0.25, -0.2) is 0 Å². The van der Waals surface area contributed by atoms with Crippen LogP contribution in [-0.4, -0.2) is 41.8 Å². The van der Waals surface area contributed by atoms with Crippen molar-refractivity contribution in [3.8, 4) is 0 Å². The molecular formula is C22H30O5. The summed E-state index contributed by atoms with van der Waals surface area (Å²) in [6.07, 6.45) is 6.11. The lowest BCUT2D eigenvalue weighted by atomic mass is 9.46. The first kappa shape index (κ1) is 19.0. The average Bonchev–Trinajstić information content (AvgIpc) is 2.87. The first-order valence-corrected chi connectivity index (χ1v) is 10.2. The highest BCUT2D eigenvalue weighted by Crippen LogP contribution is 2.66. The Morgan fingerprint density at radius 1 is 1.30 bits per heavy atom. The third-order valence-electron chi connectivity index (χ3n) is 8.52. The van der Waals surface area contributed by atoms with Crippen molar-refractivity contribution in [3.63, 3.8) is 0 Å². The van der Waals surface area contributed by atoms with Gasteiger partial charge in [-0.2, -0.15) is 0 Å². The molecule has 0 aromatic carbocycles. The van der Waals surface area contributed by atoms with Crippen LogP contribution in [0, 0.1) is 28.6 Å². The Bertz CT molecular complexity index is 739. The molecule has 3 saturated carbocycles. The molecule has 27 heavy (non-hydrogen) atoms. The molecule has 0 saturated heterocycles. The highest BCUT2D eigenvalue weighted by atomic mass is 16.5. The summed E-state index contributed by atoms with van der Waals surface area (Å²) < 4.78 is 5.00. The van der Waals surface area contributed by atoms with Crippen LogP contribution in [0.2, 0.25) is 0 Å². The van der Waals surface area contributed by atoms with Crippen molar-refractivity contribution in [3.05, 3.63) is 11.6 Å². The van der Waals surface area contributed by atoms with E-state index in [-0.39, 0.29) is 53.5 Å². The van der Waals surface area contributed by atoms with Crippen LogP contribution >= 0.6 is 0 Å². The van der Waals surface area contributed by atoms with Gasteiger partial charge >= 0.3 is 0 Å². The summed E-state index contributed by atoms with van der Waals surface area (Å²) in [5.74, 6) is 0.310. The summed E-state index contributed by atoms with van der Waals surface area (Å²) >= 11 is 0. The molecule has 3 fully saturated rings. The van der Waals surface area contributed by atoms with E-state index in [2.05, 4.69) is 13.0 Å². The third-order valence-corrected chi connectivity index (χ3v) is 8.52. The highest BCUT2D eigenvalue weighted by Gasteiger charge is 2.68. The van der Waals surface area contributed by atoms with Crippen LogP contribution in [0.5, 0.6) is 0 Å². The molecule has 4 aliphatic carbocycles. The molecule has 1 N–H and O–H groups in total. The molecule has 0 aromatic rings. The highest BCUT2D eigenvalue weighted by molar-refractivity contribution is 5.93. The first-order chi connectivity index (χ1) is 12.7. The predicted octanol–water partition coefficient (Wildman–Crippen LogP) is 2.64. The second-order valence-electron chi connectivity index (χ2n) is 9.66. The fraction of sp³-hybridized carbons (Fsp3) is 0.773. The molecule has 5 nitrogen and oxygen atoms in total. The average molecular weight is 374 g/mol. The first-order valence-electron chi connectivity index (χ1n) is 10.2.